The SMILES string of the molecule is CCn1c(-c2cccnc2C(C)OC)c(CC(C)(C)COP=O)c2cc(/C(N)=N/N(N)CC(NC(=O)C(C(C)C)N(C)C=O)C(=O)N3CCCCN3)ccc21. The van der Waals surface area contributed by atoms with Crippen molar-refractivity contribution in [2.24, 2.45) is 28.0 Å². The van der Waals surface area contributed by atoms with Crippen LogP contribution in [0.25, 0.3) is 22.2 Å². The lowest BCUT2D eigenvalue weighted by atomic mass is 9.84. The molecule has 4 rings (SSSR count). The number of hydrazone groups is 1. The molecule has 1 saturated heterocycles. The summed E-state index contributed by atoms with van der Waals surface area (Å²) in [6, 6.07) is 7.87. The van der Waals surface area contributed by atoms with Crippen LogP contribution in [-0.2, 0) is 41.2 Å². The summed E-state index contributed by atoms with van der Waals surface area (Å²) in [5, 5.41) is 10.8. The number of rotatable bonds is 19. The molecule has 3 atom stereocenters. The molecule has 16 nitrogen and oxygen atoms in total. The number of ether oxygens (including phenoxy) is 1. The number of pyridine rings is 1. The monoisotopic (exact) mass is 780 g/mol. The van der Waals surface area contributed by atoms with Crippen LogP contribution in [0.3, 0.4) is 0 Å². The number of hydrogen-bond acceptors (Lipinski definition) is 11. The number of aromatic nitrogens is 2. The normalized spacial score (nSPS) is 15.6. The average molecular weight is 781 g/mol. The molecule has 1 aromatic carbocycles. The Kier molecular flexibility index (Phi) is 15.3. The van der Waals surface area contributed by atoms with Crippen LogP contribution >= 0.6 is 8.69 Å². The maximum atomic E-state index is 13.7. The zero-order chi connectivity index (χ0) is 40.4. The summed E-state index contributed by atoms with van der Waals surface area (Å²) in [7, 11) is 2.79. The Bertz CT molecular complexity index is 1840. The fraction of sp³-hybridized carbons (Fsp3) is 0.553. The fourth-order valence-electron chi connectivity index (χ4n) is 7.14. The molecule has 3 aromatic rings. The molecule has 3 heterocycles. The van der Waals surface area contributed by atoms with E-state index in [1.165, 1.54) is 17.0 Å². The van der Waals surface area contributed by atoms with Crippen molar-refractivity contribution < 1.29 is 28.2 Å². The van der Waals surface area contributed by atoms with Crippen molar-refractivity contribution in [1.29, 1.82) is 0 Å². The lowest BCUT2D eigenvalue weighted by Gasteiger charge is -2.34. The molecule has 0 aliphatic carbocycles. The van der Waals surface area contributed by atoms with Gasteiger partial charge in [0.1, 0.15) is 12.1 Å². The van der Waals surface area contributed by atoms with E-state index in [0.29, 0.717) is 38.0 Å². The predicted molar refractivity (Wildman–Crippen MR) is 212 cm³/mol. The predicted octanol–water partition coefficient (Wildman–Crippen LogP) is 3.74. The number of nitrogens with zero attached hydrogens (tertiary/aromatic N) is 6. The number of hydrazine groups is 2. The Morgan fingerprint density at radius 2 is 1.96 bits per heavy atom. The number of aryl methyl sites for hydroxylation is 1. The Labute approximate surface area is 325 Å². The largest absolute Gasteiger partial charge is 0.382 e. The van der Waals surface area contributed by atoms with Gasteiger partial charge in [-0.05, 0) is 80.3 Å². The number of nitrogens with one attached hydrogen (secondary N) is 2. The Morgan fingerprint density at radius 1 is 1.22 bits per heavy atom. The van der Waals surface area contributed by atoms with Gasteiger partial charge in [-0.15, -0.1) is 5.10 Å². The summed E-state index contributed by atoms with van der Waals surface area (Å²) in [6.07, 6.45) is 4.35. The van der Waals surface area contributed by atoms with Gasteiger partial charge in [0.05, 0.1) is 30.6 Å². The second-order valence-corrected chi connectivity index (χ2v) is 15.4. The van der Waals surface area contributed by atoms with Crippen LogP contribution in [0.2, 0.25) is 0 Å². The Morgan fingerprint density at radius 3 is 2.58 bits per heavy atom. The molecule has 17 heteroatoms. The second kappa shape index (κ2) is 19.4. The lowest BCUT2D eigenvalue weighted by molar-refractivity contribution is -0.142. The van der Waals surface area contributed by atoms with Crippen molar-refractivity contribution in [2.75, 3.05) is 40.4 Å². The number of carbonyl (C=O) groups excluding carboxylic acids is 3. The molecular formula is C38H57N10O6P. The topological polar surface area (TPSA) is 203 Å². The van der Waals surface area contributed by atoms with E-state index >= 15 is 0 Å². The van der Waals surface area contributed by atoms with Gasteiger partial charge in [0.15, 0.2) is 5.84 Å². The van der Waals surface area contributed by atoms with Gasteiger partial charge in [0.2, 0.25) is 12.3 Å². The minimum absolute atomic E-state index is 0.0957. The third-order valence-corrected chi connectivity index (χ3v) is 10.1. The van der Waals surface area contributed by atoms with Crippen molar-refractivity contribution in [3.8, 4) is 11.3 Å². The number of likely N-dealkylation sites (N-methyl/N-ethyl adjacent to an activating group) is 1. The van der Waals surface area contributed by atoms with Crippen LogP contribution < -0.4 is 22.3 Å². The first-order valence-electron chi connectivity index (χ1n) is 18.6. The third kappa shape index (κ3) is 10.4. The van der Waals surface area contributed by atoms with Gasteiger partial charge in [-0.2, -0.15) is 0 Å². The van der Waals surface area contributed by atoms with Gasteiger partial charge >= 0.3 is 8.69 Å². The smallest absolute Gasteiger partial charge is 0.327 e. The zero-order valence-corrected chi connectivity index (χ0v) is 34.1. The molecule has 2 aromatic heterocycles. The van der Waals surface area contributed by atoms with Crippen LogP contribution in [-0.4, -0.2) is 101 Å². The van der Waals surface area contributed by atoms with E-state index in [1.54, 1.807) is 13.3 Å². The van der Waals surface area contributed by atoms with E-state index in [2.05, 4.69) is 41.2 Å². The minimum atomic E-state index is -1.10. The summed E-state index contributed by atoms with van der Waals surface area (Å²) < 4.78 is 24.6. The summed E-state index contributed by atoms with van der Waals surface area (Å²) in [5.74, 6) is 5.44. The van der Waals surface area contributed by atoms with Gasteiger partial charge in [0, 0.05) is 62.0 Å². The molecule has 1 aliphatic heterocycles. The fourth-order valence-corrected chi connectivity index (χ4v) is 7.54. The second-order valence-electron chi connectivity index (χ2n) is 15.0. The van der Waals surface area contributed by atoms with Crippen LogP contribution in [0.15, 0.2) is 41.6 Å². The number of amidine groups is 1. The maximum absolute atomic E-state index is 13.7. The van der Waals surface area contributed by atoms with Crippen LogP contribution in [0, 0.1) is 11.3 Å². The highest BCUT2D eigenvalue weighted by molar-refractivity contribution is 7.17. The van der Waals surface area contributed by atoms with Crippen LogP contribution in [0.1, 0.15) is 77.3 Å². The standard InChI is InChI=1S/C38H57N10O6P/c1-9-46-31-15-14-26(19-28(31)29(20-38(5,6)22-54-55-52)34(46)27-13-12-16-41-32(27)25(4)53-8)35(39)44-48(40)21-30(37(51)47-18-11-10-17-42-47)43-36(50)33(24(2)3)45(7)23-49/h12-16,19,23-25,30,33,42H,9-11,17-18,20-22,40H2,1-8H3,(H2,39,44)(H,43,50). The summed E-state index contributed by atoms with van der Waals surface area (Å²) in [6.45, 7) is 13.6. The van der Waals surface area contributed by atoms with Gasteiger partial charge in [0.25, 0.3) is 5.91 Å². The molecule has 1 fully saturated rings. The first-order chi connectivity index (χ1) is 26.2. The molecule has 0 spiro atoms. The number of methoxy groups -OCH3 is 1. The molecule has 55 heavy (non-hydrogen) atoms. The van der Waals surface area contributed by atoms with E-state index in [9.17, 15) is 18.9 Å². The van der Waals surface area contributed by atoms with Crippen molar-refractivity contribution in [3.63, 3.8) is 0 Å². The van der Waals surface area contributed by atoms with Crippen molar-refractivity contribution in [3.05, 3.63) is 53.3 Å². The van der Waals surface area contributed by atoms with E-state index in [4.69, 9.17) is 25.8 Å². The average Bonchev–Trinajstić information content (AvgIpc) is 3.47. The molecule has 0 radical (unpaired) electrons. The Balaban J connectivity index is 1.77. The number of fused-ring (bicyclic) bond motifs is 1. The number of benzene rings is 1. The van der Waals surface area contributed by atoms with E-state index in [-0.39, 0.29) is 45.6 Å². The van der Waals surface area contributed by atoms with Crippen LogP contribution in [0.5, 0.6) is 0 Å². The Hall–Kier alpha value is -4.47. The van der Waals surface area contributed by atoms with Gasteiger partial charge < -0.3 is 25.3 Å². The minimum Gasteiger partial charge on any atom is -0.382 e. The third-order valence-electron chi connectivity index (χ3n) is 9.88. The molecule has 300 valence electrons. The van der Waals surface area contributed by atoms with Gasteiger partial charge in [-0.25, -0.2) is 21.0 Å². The highest BCUT2D eigenvalue weighted by Gasteiger charge is 2.34. The highest BCUT2D eigenvalue weighted by atomic mass is 31.1. The van der Waals surface area contributed by atoms with Gasteiger partial charge in [-0.3, -0.25) is 28.9 Å². The quantitative estimate of drug-likeness (QED) is 0.0345. The van der Waals surface area contributed by atoms with Crippen LogP contribution in [0.4, 0.5) is 0 Å². The molecule has 0 bridgehead atoms. The first-order valence-corrected chi connectivity index (χ1v) is 19.4. The molecule has 1 aliphatic rings. The molecular weight excluding hydrogens is 723 g/mol. The summed E-state index contributed by atoms with van der Waals surface area (Å²) in [4.78, 5) is 44.8. The van der Waals surface area contributed by atoms with Crippen molar-refractivity contribution in [2.45, 2.75) is 85.5 Å². The lowest BCUT2D eigenvalue weighted by Crippen LogP contribution is -2.61. The van der Waals surface area contributed by atoms with E-state index in [0.717, 1.165) is 51.4 Å². The maximum Gasteiger partial charge on any atom is 0.327 e. The first kappa shape index (κ1) is 43.3. The number of carbonyl (C=O) groups is 3. The zero-order valence-electron chi connectivity index (χ0n) is 33.2. The highest BCUT2D eigenvalue weighted by Crippen LogP contribution is 2.41. The van der Waals surface area contributed by atoms with Gasteiger partial charge in [-0.1, -0.05) is 27.7 Å². The number of hydrogen-bond donors (Lipinski definition) is 4. The number of nitrogens with two attached hydrogens (primary N) is 2. The van der Waals surface area contributed by atoms with Crippen molar-refractivity contribution in [1.82, 2.24) is 35.3 Å². The van der Waals surface area contributed by atoms with E-state index in [1.807, 2.05) is 51.1 Å². The molecule has 3 amide bonds. The van der Waals surface area contributed by atoms with E-state index < -0.39 is 23.4 Å². The number of amides is 3. The molecule has 0 saturated carbocycles. The molecule has 6 N–H and O–H groups in total. The summed E-state index contributed by atoms with van der Waals surface area (Å²) in [5.41, 5.74) is 14.6. The molecule has 3 unspecified atom stereocenters. The summed E-state index contributed by atoms with van der Waals surface area (Å²) >= 11 is 0. The van der Waals surface area contributed by atoms with Crippen molar-refractivity contribution >= 4 is 43.7 Å².